The summed E-state index contributed by atoms with van der Waals surface area (Å²) in [4.78, 5) is 25.2. The zero-order chi connectivity index (χ0) is 20.8. The summed E-state index contributed by atoms with van der Waals surface area (Å²) in [7, 11) is -2.31. The number of sulfonamides is 1. The van der Waals surface area contributed by atoms with Gasteiger partial charge in [-0.25, -0.2) is 13.2 Å². The molecule has 9 heteroatoms. The van der Waals surface area contributed by atoms with Crippen molar-refractivity contribution in [3.63, 3.8) is 0 Å². The predicted octanol–water partition coefficient (Wildman–Crippen LogP) is 2.07. The largest absolute Gasteiger partial charge is 0.463 e. The van der Waals surface area contributed by atoms with E-state index in [1.807, 2.05) is 6.92 Å². The normalized spacial score (nSPS) is 13.0. The average molecular weight is 400 g/mol. The zero-order valence-electron chi connectivity index (χ0n) is 16.6. The van der Waals surface area contributed by atoms with Gasteiger partial charge in [0.2, 0.25) is 10.0 Å². The van der Waals surface area contributed by atoms with E-state index in [9.17, 15) is 18.0 Å². The highest BCUT2D eigenvalue weighted by Crippen LogP contribution is 2.11. The fraction of sp³-hybridized carbons (Fsp3) is 0.556. The Labute approximate surface area is 160 Å². The first-order valence-electron chi connectivity index (χ1n) is 8.51. The smallest absolute Gasteiger partial charge is 0.410 e. The average Bonchev–Trinajstić information content (AvgIpc) is 2.52. The van der Waals surface area contributed by atoms with Gasteiger partial charge >= 0.3 is 12.1 Å². The van der Waals surface area contributed by atoms with Crippen LogP contribution in [0.4, 0.5) is 4.79 Å². The summed E-state index contributed by atoms with van der Waals surface area (Å²) < 4.78 is 37.0. The number of ether oxygens (including phenoxy) is 2. The van der Waals surface area contributed by atoms with E-state index in [0.717, 1.165) is 5.56 Å². The van der Waals surface area contributed by atoms with Crippen LogP contribution in [0, 0.1) is 6.92 Å². The van der Waals surface area contributed by atoms with Gasteiger partial charge in [0.1, 0.15) is 18.2 Å². The van der Waals surface area contributed by atoms with Gasteiger partial charge in [0.15, 0.2) is 0 Å². The van der Waals surface area contributed by atoms with Crippen LogP contribution in [0.3, 0.4) is 0 Å². The van der Waals surface area contributed by atoms with Gasteiger partial charge in [-0.2, -0.15) is 4.72 Å². The molecule has 152 valence electrons. The number of likely N-dealkylation sites (N-methyl/N-ethyl adjacent to an activating group) is 1. The lowest BCUT2D eigenvalue weighted by molar-refractivity contribution is -0.145. The van der Waals surface area contributed by atoms with Gasteiger partial charge in [-0.3, -0.25) is 4.79 Å². The molecule has 1 aromatic carbocycles. The highest BCUT2D eigenvalue weighted by Gasteiger charge is 2.24. The lowest BCUT2D eigenvalue weighted by Crippen LogP contribution is -2.41. The molecule has 1 atom stereocenters. The molecular weight excluding hydrogens is 372 g/mol. The molecule has 0 aliphatic carbocycles. The predicted molar refractivity (Wildman–Crippen MR) is 101 cm³/mol. The monoisotopic (exact) mass is 400 g/mol. The maximum Gasteiger partial charge on any atom is 0.410 e. The van der Waals surface area contributed by atoms with Crippen LogP contribution in [0.1, 0.15) is 33.3 Å². The maximum atomic E-state index is 12.3. The van der Waals surface area contributed by atoms with Gasteiger partial charge in [-0.1, -0.05) is 17.7 Å². The summed E-state index contributed by atoms with van der Waals surface area (Å²) in [6, 6.07) is 5.20. The van der Waals surface area contributed by atoms with E-state index in [-0.39, 0.29) is 18.0 Å². The molecule has 0 spiro atoms. The molecule has 0 aliphatic heterocycles. The van der Waals surface area contributed by atoms with Crippen molar-refractivity contribution in [2.45, 2.75) is 51.2 Å². The second-order valence-corrected chi connectivity index (χ2v) is 8.94. The lowest BCUT2D eigenvalue weighted by atomic mass is 10.2. The number of aryl methyl sites for hydroxylation is 1. The number of amides is 1. The summed E-state index contributed by atoms with van der Waals surface area (Å²) in [5.41, 5.74) is 0.306. The minimum Gasteiger partial charge on any atom is -0.463 e. The van der Waals surface area contributed by atoms with Gasteiger partial charge < -0.3 is 14.4 Å². The fourth-order valence-corrected chi connectivity index (χ4v) is 3.10. The molecule has 1 amide bonds. The summed E-state index contributed by atoms with van der Waals surface area (Å²) in [5.74, 6) is -0.733. The Morgan fingerprint density at radius 1 is 1.19 bits per heavy atom. The van der Waals surface area contributed by atoms with Crippen LogP contribution in [0.2, 0.25) is 0 Å². The van der Waals surface area contributed by atoms with E-state index in [1.54, 1.807) is 32.9 Å². The molecule has 0 saturated carbocycles. The molecule has 0 heterocycles. The number of hydrogen-bond acceptors (Lipinski definition) is 6. The molecule has 0 saturated heterocycles. The first-order chi connectivity index (χ1) is 12.3. The number of hydrogen-bond donors (Lipinski definition) is 1. The minimum absolute atomic E-state index is 0.0670. The highest BCUT2D eigenvalue weighted by molar-refractivity contribution is 7.89. The summed E-state index contributed by atoms with van der Waals surface area (Å²) in [6.45, 7) is 8.54. The third-order valence-corrected chi connectivity index (χ3v) is 4.95. The van der Waals surface area contributed by atoms with Crippen molar-refractivity contribution in [3.8, 4) is 0 Å². The van der Waals surface area contributed by atoms with Crippen LogP contribution in [-0.2, 0) is 24.3 Å². The van der Waals surface area contributed by atoms with Crippen molar-refractivity contribution in [1.29, 1.82) is 0 Å². The number of rotatable bonds is 7. The summed E-state index contributed by atoms with van der Waals surface area (Å²) in [6.07, 6.45) is -0.535. The van der Waals surface area contributed by atoms with Gasteiger partial charge in [0.25, 0.3) is 0 Å². The quantitative estimate of drug-likeness (QED) is 0.703. The number of carbonyl (C=O) groups is 2. The number of benzene rings is 1. The molecule has 0 unspecified atom stereocenters. The molecule has 27 heavy (non-hydrogen) atoms. The van der Waals surface area contributed by atoms with Crippen molar-refractivity contribution in [2.75, 3.05) is 20.2 Å². The molecule has 0 fully saturated rings. The minimum atomic E-state index is -3.83. The van der Waals surface area contributed by atoms with E-state index >= 15 is 0 Å². The topological polar surface area (TPSA) is 102 Å². The molecule has 1 aromatic rings. The molecule has 1 N–H and O–H groups in total. The third kappa shape index (κ3) is 7.96. The van der Waals surface area contributed by atoms with Crippen LogP contribution >= 0.6 is 0 Å². The Kier molecular flexibility index (Phi) is 7.79. The van der Waals surface area contributed by atoms with Crippen molar-refractivity contribution >= 4 is 22.1 Å². The van der Waals surface area contributed by atoms with Crippen LogP contribution < -0.4 is 4.72 Å². The van der Waals surface area contributed by atoms with Crippen LogP contribution in [0.15, 0.2) is 29.2 Å². The maximum absolute atomic E-state index is 12.3. The van der Waals surface area contributed by atoms with Crippen LogP contribution in [-0.4, -0.2) is 57.2 Å². The highest BCUT2D eigenvalue weighted by atomic mass is 32.2. The Hall–Kier alpha value is -2.13. The molecular formula is C18H28N2O6S. The number of carbonyl (C=O) groups excluding carboxylic acids is 2. The van der Waals surface area contributed by atoms with Crippen LogP contribution in [0.25, 0.3) is 0 Å². The van der Waals surface area contributed by atoms with Gasteiger partial charge in [0.05, 0.1) is 11.4 Å². The second-order valence-electron chi connectivity index (χ2n) is 7.23. The lowest BCUT2D eigenvalue weighted by Gasteiger charge is -2.24. The standard InChI is InChI=1S/C18H28N2O6S/c1-13-7-9-15(10-8-13)27(23,24)19-14(2)16(21)25-12-11-20(6)17(22)26-18(3,4)5/h7-10,14,19H,11-12H2,1-6H3/t14-/m0/s1. The van der Waals surface area contributed by atoms with Crippen molar-refractivity contribution in [3.05, 3.63) is 29.8 Å². The first-order valence-corrected chi connectivity index (χ1v) is 10.00. The number of esters is 1. The Morgan fingerprint density at radius 3 is 2.26 bits per heavy atom. The molecule has 0 bridgehead atoms. The van der Waals surface area contributed by atoms with E-state index in [2.05, 4.69) is 4.72 Å². The number of nitrogens with one attached hydrogen (secondary N) is 1. The first kappa shape index (κ1) is 22.9. The van der Waals surface area contributed by atoms with E-state index in [0.29, 0.717) is 0 Å². The SMILES string of the molecule is Cc1ccc(S(=O)(=O)N[C@@H](C)C(=O)OCCN(C)C(=O)OC(C)(C)C)cc1. The third-order valence-electron chi connectivity index (χ3n) is 3.39. The van der Waals surface area contributed by atoms with Gasteiger partial charge in [-0.05, 0) is 46.8 Å². The van der Waals surface area contributed by atoms with Gasteiger partial charge in [0, 0.05) is 7.05 Å². The molecule has 0 aromatic heterocycles. The molecule has 8 nitrogen and oxygen atoms in total. The number of nitrogens with zero attached hydrogens (tertiary/aromatic N) is 1. The zero-order valence-corrected chi connectivity index (χ0v) is 17.4. The Bertz CT molecular complexity index is 753. The van der Waals surface area contributed by atoms with Crippen LogP contribution in [0.5, 0.6) is 0 Å². The summed E-state index contributed by atoms with van der Waals surface area (Å²) in [5, 5.41) is 0. The fourth-order valence-electron chi connectivity index (χ4n) is 1.91. The second kappa shape index (κ2) is 9.18. The molecule has 0 radical (unpaired) electrons. The van der Waals surface area contributed by atoms with Crippen molar-refractivity contribution in [1.82, 2.24) is 9.62 Å². The molecule has 1 rings (SSSR count). The van der Waals surface area contributed by atoms with Crippen molar-refractivity contribution < 1.29 is 27.5 Å². The Morgan fingerprint density at radius 2 is 1.74 bits per heavy atom. The molecule has 0 aliphatic rings. The van der Waals surface area contributed by atoms with E-state index in [4.69, 9.17) is 9.47 Å². The summed E-state index contributed by atoms with van der Waals surface area (Å²) >= 11 is 0. The van der Waals surface area contributed by atoms with Gasteiger partial charge in [-0.15, -0.1) is 0 Å². The van der Waals surface area contributed by atoms with E-state index < -0.39 is 33.7 Å². The van der Waals surface area contributed by atoms with Crippen molar-refractivity contribution in [2.24, 2.45) is 0 Å². The Balaban J connectivity index is 2.50. The van der Waals surface area contributed by atoms with E-state index in [1.165, 1.54) is 31.0 Å².